The van der Waals surface area contributed by atoms with E-state index in [1.54, 1.807) is 14.2 Å². The molecule has 1 aromatic heterocycles. The lowest BCUT2D eigenvalue weighted by molar-refractivity contribution is 0.313. The van der Waals surface area contributed by atoms with Crippen LogP contribution in [0.5, 0.6) is 11.5 Å². The average Bonchev–Trinajstić information content (AvgIpc) is 3.26. The maximum Gasteiger partial charge on any atom is 0.161 e. The number of rotatable bonds is 6. The maximum atomic E-state index is 5.54. The summed E-state index contributed by atoms with van der Waals surface area (Å²) in [6.45, 7) is 6.63. The highest BCUT2D eigenvalue weighted by Gasteiger charge is 2.16. The fourth-order valence-corrected chi connectivity index (χ4v) is 4.96. The fourth-order valence-electron chi connectivity index (χ4n) is 4.96. The summed E-state index contributed by atoms with van der Waals surface area (Å²) in [5, 5.41) is 1.27. The molecule has 0 aliphatic carbocycles. The van der Waals surface area contributed by atoms with Gasteiger partial charge in [-0.2, -0.15) is 0 Å². The zero-order chi connectivity index (χ0) is 23.7. The third-order valence-corrected chi connectivity index (χ3v) is 7.00. The van der Waals surface area contributed by atoms with Gasteiger partial charge in [0.1, 0.15) is 0 Å². The monoisotopic (exact) mass is 455 g/mol. The second kappa shape index (κ2) is 9.43. The van der Waals surface area contributed by atoms with E-state index in [4.69, 9.17) is 9.47 Å². The van der Waals surface area contributed by atoms with Gasteiger partial charge >= 0.3 is 0 Å². The van der Waals surface area contributed by atoms with Crippen molar-refractivity contribution in [2.75, 3.05) is 52.3 Å². The Morgan fingerprint density at radius 2 is 1.44 bits per heavy atom. The molecule has 5 heteroatoms. The molecular weight excluding hydrogens is 422 g/mol. The molecule has 0 radical (unpaired) electrons. The Morgan fingerprint density at radius 3 is 2.12 bits per heavy atom. The number of H-pyrrole nitrogens is 1. The molecule has 1 aliphatic rings. The van der Waals surface area contributed by atoms with Gasteiger partial charge in [-0.25, -0.2) is 0 Å². The summed E-state index contributed by atoms with van der Waals surface area (Å²) < 4.78 is 11.0. The van der Waals surface area contributed by atoms with Crippen LogP contribution in [0.3, 0.4) is 0 Å². The van der Waals surface area contributed by atoms with Gasteiger partial charge in [-0.15, -0.1) is 0 Å². The van der Waals surface area contributed by atoms with Crippen molar-refractivity contribution in [3.63, 3.8) is 0 Å². The van der Waals surface area contributed by atoms with Crippen LogP contribution < -0.4 is 14.4 Å². The van der Waals surface area contributed by atoms with Gasteiger partial charge in [0.25, 0.3) is 0 Å². The zero-order valence-electron chi connectivity index (χ0n) is 20.5. The molecule has 0 amide bonds. The molecule has 0 spiro atoms. The molecule has 1 saturated heterocycles. The topological polar surface area (TPSA) is 40.7 Å². The summed E-state index contributed by atoms with van der Waals surface area (Å²) in [4.78, 5) is 8.51. The van der Waals surface area contributed by atoms with Crippen molar-refractivity contribution in [2.45, 2.75) is 13.3 Å². The Bertz CT molecular complexity index is 1280. The molecule has 34 heavy (non-hydrogen) atoms. The molecule has 0 atom stereocenters. The van der Waals surface area contributed by atoms with E-state index in [9.17, 15) is 0 Å². The van der Waals surface area contributed by atoms with Crippen LogP contribution >= 0.6 is 0 Å². The lowest BCUT2D eigenvalue weighted by atomic mass is 9.99. The summed E-state index contributed by atoms with van der Waals surface area (Å²) >= 11 is 0. The van der Waals surface area contributed by atoms with Crippen molar-refractivity contribution < 1.29 is 9.47 Å². The number of piperazine rings is 1. The number of likely N-dealkylation sites (N-methyl/N-ethyl adjacent to an activating group) is 1. The molecular formula is C29H33N3O2. The highest BCUT2D eigenvalue weighted by molar-refractivity contribution is 5.94. The van der Waals surface area contributed by atoms with E-state index in [-0.39, 0.29) is 0 Å². The first-order valence-corrected chi connectivity index (χ1v) is 12.0. The number of ether oxygens (including phenoxy) is 2. The standard InChI is InChI=1S/C29H33N3O2/c1-5-24-25-18-21(20-6-10-23(11-7-20)32-16-14-31(2)15-17-32)8-12-26(25)30-29(24)22-9-13-27(33-3)28(19-22)34-4/h6-13,18-19,30H,5,14-17H2,1-4H3. The van der Waals surface area contributed by atoms with Gasteiger partial charge in [0, 0.05) is 54.0 Å². The Labute approximate surface area is 201 Å². The van der Waals surface area contributed by atoms with Crippen LogP contribution in [0.15, 0.2) is 60.7 Å². The number of aromatic nitrogens is 1. The van der Waals surface area contributed by atoms with Crippen molar-refractivity contribution in [1.29, 1.82) is 0 Å². The highest BCUT2D eigenvalue weighted by atomic mass is 16.5. The molecule has 176 valence electrons. The largest absolute Gasteiger partial charge is 0.493 e. The Balaban J connectivity index is 1.48. The Hall–Kier alpha value is -3.44. The second-order valence-electron chi connectivity index (χ2n) is 9.00. The van der Waals surface area contributed by atoms with Gasteiger partial charge in [0.2, 0.25) is 0 Å². The summed E-state index contributed by atoms with van der Waals surface area (Å²) in [6.07, 6.45) is 0.940. The number of anilines is 1. The van der Waals surface area contributed by atoms with Crippen LogP contribution in [0.25, 0.3) is 33.3 Å². The van der Waals surface area contributed by atoms with E-state index in [0.29, 0.717) is 0 Å². The molecule has 1 aliphatic heterocycles. The molecule has 4 aromatic rings. The van der Waals surface area contributed by atoms with Crippen molar-refractivity contribution >= 4 is 16.6 Å². The minimum absolute atomic E-state index is 0.738. The number of nitrogens with zero attached hydrogens (tertiary/aromatic N) is 2. The van der Waals surface area contributed by atoms with Crippen LogP contribution in [0, 0.1) is 0 Å². The summed E-state index contributed by atoms with van der Waals surface area (Å²) in [6, 6.07) is 21.8. The number of methoxy groups -OCH3 is 2. The van der Waals surface area contributed by atoms with Gasteiger partial charge in [-0.3, -0.25) is 0 Å². The number of hydrogen-bond donors (Lipinski definition) is 1. The molecule has 5 nitrogen and oxygen atoms in total. The lowest BCUT2D eigenvalue weighted by Crippen LogP contribution is -2.44. The average molecular weight is 456 g/mol. The lowest BCUT2D eigenvalue weighted by Gasteiger charge is -2.34. The van der Waals surface area contributed by atoms with Crippen molar-refractivity contribution in [2.24, 2.45) is 0 Å². The van der Waals surface area contributed by atoms with Crippen molar-refractivity contribution in [3.05, 3.63) is 66.2 Å². The van der Waals surface area contributed by atoms with Crippen LogP contribution in [0.4, 0.5) is 5.69 Å². The van der Waals surface area contributed by atoms with Gasteiger partial charge in [-0.05, 0) is 72.6 Å². The molecule has 2 heterocycles. The molecule has 1 fully saturated rings. The van der Waals surface area contributed by atoms with Gasteiger partial charge in [-0.1, -0.05) is 25.1 Å². The van der Waals surface area contributed by atoms with Crippen LogP contribution in [-0.2, 0) is 6.42 Å². The van der Waals surface area contributed by atoms with Gasteiger partial charge in [0.05, 0.1) is 14.2 Å². The highest BCUT2D eigenvalue weighted by Crippen LogP contribution is 2.37. The van der Waals surface area contributed by atoms with Gasteiger partial charge in [0.15, 0.2) is 11.5 Å². The summed E-state index contributed by atoms with van der Waals surface area (Å²) in [7, 11) is 5.53. The van der Waals surface area contributed by atoms with Crippen LogP contribution in [0.1, 0.15) is 12.5 Å². The van der Waals surface area contributed by atoms with Crippen LogP contribution in [0.2, 0.25) is 0 Å². The predicted octanol–water partition coefficient (Wildman–Crippen LogP) is 5.83. The first-order chi connectivity index (χ1) is 16.6. The zero-order valence-corrected chi connectivity index (χ0v) is 20.5. The minimum Gasteiger partial charge on any atom is -0.493 e. The number of aryl methyl sites for hydroxylation is 1. The predicted molar refractivity (Wildman–Crippen MR) is 141 cm³/mol. The maximum absolute atomic E-state index is 5.54. The number of aromatic amines is 1. The molecule has 5 rings (SSSR count). The third kappa shape index (κ3) is 4.12. The number of nitrogens with one attached hydrogen (secondary N) is 1. The Kier molecular flexibility index (Phi) is 6.20. The molecule has 0 bridgehead atoms. The first kappa shape index (κ1) is 22.4. The number of benzene rings is 3. The SMILES string of the molecule is CCc1c(-c2ccc(OC)c(OC)c2)[nH]c2ccc(-c3ccc(N4CCN(C)CC4)cc3)cc12. The van der Waals surface area contributed by atoms with E-state index in [0.717, 1.165) is 60.9 Å². The fraction of sp³-hybridized carbons (Fsp3) is 0.310. The summed E-state index contributed by atoms with van der Waals surface area (Å²) in [5.74, 6) is 1.48. The van der Waals surface area contributed by atoms with E-state index in [1.807, 2.05) is 12.1 Å². The van der Waals surface area contributed by atoms with Crippen molar-refractivity contribution in [3.8, 4) is 33.9 Å². The van der Waals surface area contributed by atoms with Crippen molar-refractivity contribution in [1.82, 2.24) is 9.88 Å². The molecule has 3 aromatic carbocycles. The molecule has 1 N–H and O–H groups in total. The smallest absolute Gasteiger partial charge is 0.161 e. The Morgan fingerprint density at radius 1 is 0.765 bits per heavy atom. The van der Waals surface area contributed by atoms with Gasteiger partial charge < -0.3 is 24.3 Å². The molecule has 0 unspecified atom stereocenters. The number of hydrogen-bond acceptors (Lipinski definition) is 4. The third-order valence-electron chi connectivity index (χ3n) is 7.00. The summed E-state index contributed by atoms with van der Waals surface area (Å²) in [5.41, 5.74) is 8.51. The van der Waals surface area contributed by atoms with E-state index in [1.165, 1.54) is 27.8 Å². The van der Waals surface area contributed by atoms with E-state index < -0.39 is 0 Å². The number of fused-ring (bicyclic) bond motifs is 1. The second-order valence-corrected chi connectivity index (χ2v) is 9.00. The minimum atomic E-state index is 0.738. The first-order valence-electron chi connectivity index (χ1n) is 12.0. The van der Waals surface area contributed by atoms with E-state index in [2.05, 4.69) is 77.3 Å². The normalized spacial score (nSPS) is 14.5. The quantitative estimate of drug-likeness (QED) is 0.397. The van der Waals surface area contributed by atoms with Crippen LogP contribution in [-0.4, -0.2) is 57.3 Å². The molecule has 0 saturated carbocycles. The van der Waals surface area contributed by atoms with E-state index >= 15 is 0 Å².